The summed E-state index contributed by atoms with van der Waals surface area (Å²) >= 11 is 0. The Morgan fingerprint density at radius 1 is 1.36 bits per heavy atom. The van der Waals surface area contributed by atoms with Gasteiger partial charge in [0.2, 0.25) is 0 Å². The number of carboxylic acid groups (broad SMARTS) is 1. The van der Waals surface area contributed by atoms with Crippen LogP contribution in [0.3, 0.4) is 0 Å². The number of aliphatic carboxylic acids is 1. The van der Waals surface area contributed by atoms with Crippen molar-refractivity contribution in [2.75, 3.05) is 0 Å². The van der Waals surface area contributed by atoms with Crippen LogP contribution >= 0.6 is 0 Å². The zero-order valence-corrected chi connectivity index (χ0v) is 9.84. The molecule has 0 atom stereocenters. The predicted octanol–water partition coefficient (Wildman–Crippen LogP) is 2.91. The number of rotatable bonds is 3. The van der Waals surface area contributed by atoms with E-state index >= 15 is 0 Å². The maximum atomic E-state index is 10.6. The molecule has 14 heavy (non-hydrogen) atoms. The van der Waals surface area contributed by atoms with Crippen LogP contribution in [0.4, 0.5) is 13.2 Å². The molecule has 1 N–H and O–H groups in total. The minimum Gasteiger partial charge on any atom is -0.475 e. The van der Waals surface area contributed by atoms with Gasteiger partial charge in [-0.3, -0.25) is 0 Å². The molecule has 0 aromatic carbocycles. The van der Waals surface area contributed by atoms with Crippen LogP contribution in [-0.2, 0) is 4.79 Å². The SMILES string of the molecule is CCCC[SiH](C)C.O=C(O)C(F)(F)F. The minimum atomic E-state index is -5.08. The van der Waals surface area contributed by atoms with E-state index in [2.05, 4.69) is 20.0 Å². The van der Waals surface area contributed by atoms with Crippen LogP contribution in [0.2, 0.25) is 19.1 Å². The molecule has 0 spiro atoms. The third kappa shape index (κ3) is 14.0. The topological polar surface area (TPSA) is 37.3 Å². The summed E-state index contributed by atoms with van der Waals surface area (Å²) in [6.07, 6.45) is -2.24. The van der Waals surface area contributed by atoms with Crippen molar-refractivity contribution in [2.45, 2.75) is 45.1 Å². The standard InChI is InChI=1S/C6H16Si.C2HF3O2/c1-4-5-6-7(2)3;3-2(4,5)1(6)7/h7H,4-6H2,1-3H3;(H,6,7). The van der Waals surface area contributed by atoms with E-state index in [1.165, 1.54) is 18.9 Å². The molecular formula is C8H17F3O2Si. The van der Waals surface area contributed by atoms with Crippen molar-refractivity contribution in [3.63, 3.8) is 0 Å². The van der Waals surface area contributed by atoms with Gasteiger partial charge in [-0.15, -0.1) is 0 Å². The molecule has 0 bridgehead atoms. The van der Waals surface area contributed by atoms with Gasteiger partial charge in [0.05, 0.1) is 0 Å². The normalized spacial score (nSPS) is 10.8. The largest absolute Gasteiger partial charge is 0.490 e. The maximum Gasteiger partial charge on any atom is 0.490 e. The van der Waals surface area contributed by atoms with E-state index in [-0.39, 0.29) is 8.80 Å². The Labute approximate surface area is 83.7 Å². The number of hydrogen-bond donors (Lipinski definition) is 1. The fourth-order valence-corrected chi connectivity index (χ4v) is 1.84. The number of hydrogen-bond acceptors (Lipinski definition) is 1. The van der Waals surface area contributed by atoms with Crippen molar-refractivity contribution in [1.82, 2.24) is 0 Å². The third-order valence-electron chi connectivity index (χ3n) is 1.38. The first-order valence-corrected chi connectivity index (χ1v) is 7.64. The second-order valence-electron chi connectivity index (χ2n) is 3.34. The summed E-state index contributed by atoms with van der Waals surface area (Å²) in [6, 6.07) is 1.54. The molecule has 0 aromatic heterocycles. The molecule has 0 radical (unpaired) electrons. The van der Waals surface area contributed by atoms with Gasteiger partial charge in [0.15, 0.2) is 0 Å². The number of carbonyl (C=O) groups is 1. The molecule has 6 heteroatoms. The second kappa shape index (κ2) is 7.84. The van der Waals surface area contributed by atoms with Crippen molar-refractivity contribution in [3.05, 3.63) is 0 Å². The Morgan fingerprint density at radius 3 is 1.79 bits per heavy atom. The Bertz CT molecular complexity index is 157. The monoisotopic (exact) mass is 230 g/mol. The van der Waals surface area contributed by atoms with E-state index < -0.39 is 12.1 Å². The number of halogens is 3. The van der Waals surface area contributed by atoms with Gasteiger partial charge in [-0.25, -0.2) is 4.79 Å². The Balaban J connectivity index is 0. The summed E-state index contributed by atoms with van der Waals surface area (Å²) in [4.78, 5) is 8.90. The Hall–Kier alpha value is -0.523. The highest BCUT2D eigenvalue weighted by Crippen LogP contribution is 2.13. The van der Waals surface area contributed by atoms with Crippen LogP contribution < -0.4 is 0 Å². The molecule has 0 rings (SSSR count). The van der Waals surface area contributed by atoms with E-state index in [1.807, 2.05) is 0 Å². The molecule has 0 aliphatic heterocycles. The summed E-state index contributed by atoms with van der Waals surface area (Å²) in [5.74, 6) is -2.76. The molecule has 0 saturated carbocycles. The molecule has 0 amide bonds. The maximum absolute atomic E-state index is 10.6. The summed E-state index contributed by atoms with van der Waals surface area (Å²) in [6.45, 7) is 7.09. The molecule has 0 aliphatic carbocycles. The fraction of sp³-hybridized carbons (Fsp3) is 0.875. The summed E-state index contributed by atoms with van der Waals surface area (Å²) in [7, 11) is -0.188. The van der Waals surface area contributed by atoms with Crippen molar-refractivity contribution >= 4 is 14.8 Å². The Kier molecular flexibility index (Phi) is 8.92. The van der Waals surface area contributed by atoms with Crippen molar-refractivity contribution in [1.29, 1.82) is 0 Å². The molecule has 2 nitrogen and oxygen atoms in total. The number of alkyl halides is 3. The molecule has 0 saturated heterocycles. The highest BCUT2D eigenvalue weighted by Gasteiger charge is 2.38. The highest BCUT2D eigenvalue weighted by molar-refractivity contribution is 6.55. The van der Waals surface area contributed by atoms with Crippen LogP contribution in [0.1, 0.15) is 19.8 Å². The number of unbranched alkanes of at least 4 members (excludes halogenated alkanes) is 1. The summed E-state index contributed by atoms with van der Waals surface area (Å²) in [5.41, 5.74) is 0. The number of carboxylic acids is 1. The van der Waals surface area contributed by atoms with Gasteiger partial charge in [-0.1, -0.05) is 38.9 Å². The van der Waals surface area contributed by atoms with E-state index in [9.17, 15) is 13.2 Å². The predicted molar refractivity (Wildman–Crippen MR) is 52.3 cm³/mol. The molecule has 0 aliphatic rings. The molecule has 86 valence electrons. The van der Waals surface area contributed by atoms with E-state index in [0.29, 0.717) is 0 Å². The van der Waals surface area contributed by atoms with Crippen molar-refractivity contribution < 1.29 is 23.1 Å². The van der Waals surface area contributed by atoms with E-state index in [0.717, 1.165) is 0 Å². The minimum absolute atomic E-state index is 0.188. The molecular weight excluding hydrogens is 213 g/mol. The van der Waals surface area contributed by atoms with Crippen molar-refractivity contribution in [3.8, 4) is 0 Å². The van der Waals surface area contributed by atoms with Gasteiger partial charge in [0.25, 0.3) is 0 Å². The van der Waals surface area contributed by atoms with Crippen LogP contribution in [0.5, 0.6) is 0 Å². The lowest BCUT2D eigenvalue weighted by Crippen LogP contribution is -2.21. The zero-order valence-electron chi connectivity index (χ0n) is 8.69. The first kappa shape index (κ1) is 15.9. The second-order valence-corrected chi connectivity index (χ2v) is 6.70. The average molecular weight is 230 g/mol. The van der Waals surface area contributed by atoms with Crippen molar-refractivity contribution in [2.24, 2.45) is 0 Å². The zero-order chi connectivity index (χ0) is 11.8. The van der Waals surface area contributed by atoms with Gasteiger partial charge < -0.3 is 5.11 Å². The lowest BCUT2D eigenvalue weighted by molar-refractivity contribution is -0.192. The first-order chi connectivity index (χ1) is 6.21. The first-order valence-electron chi connectivity index (χ1n) is 4.51. The Morgan fingerprint density at radius 2 is 1.71 bits per heavy atom. The van der Waals surface area contributed by atoms with E-state index in [1.54, 1.807) is 0 Å². The van der Waals surface area contributed by atoms with Crippen LogP contribution in [0.15, 0.2) is 0 Å². The van der Waals surface area contributed by atoms with Gasteiger partial charge in [0.1, 0.15) is 0 Å². The van der Waals surface area contributed by atoms with Gasteiger partial charge in [-0.2, -0.15) is 13.2 Å². The van der Waals surface area contributed by atoms with Gasteiger partial charge in [-0.05, 0) is 0 Å². The lowest BCUT2D eigenvalue weighted by Gasteiger charge is -1.97. The van der Waals surface area contributed by atoms with Crippen LogP contribution in [-0.4, -0.2) is 26.0 Å². The smallest absolute Gasteiger partial charge is 0.475 e. The molecule has 0 unspecified atom stereocenters. The van der Waals surface area contributed by atoms with Gasteiger partial charge in [0, 0.05) is 8.80 Å². The molecule has 0 fully saturated rings. The van der Waals surface area contributed by atoms with Crippen LogP contribution in [0.25, 0.3) is 0 Å². The fourth-order valence-electron chi connectivity index (χ4n) is 0.612. The van der Waals surface area contributed by atoms with Crippen LogP contribution in [0, 0.1) is 0 Å². The highest BCUT2D eigenvalue weighted by atomic mass is 28.3. The average Bonchev–Trinajstić information content (AvgIpc) is 2.00. The lowest BCUT2D eigenvalue weighted by atomic mass is 10.4. The van der Waals surface area contributed by atoms with Gasteiger partial charge >= 0.3 is 12.1 Å². The summed E-state index contributed by atoms with van der Waals surface area (Å²) in [5, 5.41) is 7.12. The quantitative estimate of drug-likeness (QED) is 0.757. The third-order valence-corrected chi connectivity index (χ3v) is 2.94. The summed E-state index contributed by atoms with van der Waals surface area (Å²) < 4.78 is 31.7. The molecule has 0 aromatic rings. The molecule has 0 heterocycles. The van der Waals surface area contributed by atoms with E-state index in [4.69, 9.17) is 9.90 Å².